The fourth-order valence-corrected chi connectivity index (χ4v) is 2.53. The van der Waals surface area contributed by atoms with Crippen LogP contribution in [0.2, 0.25) is 0 Å². The molecule has 2 N–H and O–H groups in total. The first kappa shape index (κ1) is 19.7. The van der Waals surface area contributed by atoms with Gasteiger partial charge < -0.3 is 10.5 Å². The maximum absolute atomic E-state index is 13.1. The Balaban J connectivity index is 2.40. The number of rotatable bonds is 8. The van der Waals surface area contributed by atoms with Crippen molar-refractivity contribution in [3.05, 3.63) is 47.5 Å². The van der Waals surface area contributed by atoms with Crippen LogP contribution in [0.4, 0.5) is 18.0 Å². The number of hydrogen-bond donors (Lipinski definition) is 1. The number of nitrogens with zero attached hydrogens (tertiary/aromatic N) is 3. The van der Waals surface area contributed by atoms with Gasteiger partial charge in [-0.05, 0) is 6.42 Å². The second-order valence-electron chi connectivity index (χ2n) is 5.80. The Morgan fingerprint density at radius 2 is 1.92 bits per heavy atom. The fourth-order valence-electron chi connectivity index (χ4n) is 2.53. The summed E-state index contributed by atoms with van der Waals surface area (Å²) in [6, 6.07) is 8.34. The second-order valence-corrected chi connectivity index (χ2v) is 5.80. The average molecular weight is 370 g/mol. The number of primary amides is 1. The molecule has 0 aliphatic heterocycles. The number of benzene rings is 1. The molecule has 0 aliphatic carbocycles. The van der Waals surface area contributed by atoms with Gasteiger partial charge in [0.1, 0.15) is 0 Å². The van der Waals surface area contributed by atoms with E-state index in [1.54, 1.807) is 30.3 Å². The molecule has 0 bridgehead atoms. The lowest BCUT2D eigenvalue weighted by molar-refractivity contribution is -0.145. The van der Waals surface area contributed by atoms with E-state index in [4.69, 9.17) is 10.5 Å². The molecule has 0 fully saturated rings. The van der Waals surface area contributed by atoms with Gasteiger partial charge in [-0.3, -0.25) is 0 Å². The number of alkyl halides is 3. The number of carbonyl (C=O) groups excluding carboxylic acids is 1. The van der Waals surface area contributed by atoms with E-state index >= 15 is 0 Å². The Kier molecular flexibility index (Phi) is 6.59. The van der Waals surface area contributed by atoms with Gasteiger partial charge in [0.25, 0.3) is 5.82 Å². The highest BCUT2D eigenvalue weighted by Crippen LogP contribution is 2.31. The molecule has 2 rings (SSSR count). The van der Waals surface area contributed by atoms with E-state index in [-0.39, 0.29) is 12.4 Å². The number of aromatic nitrogens is 3. The van der Waals surface area contributed by atoms with Crippen molar-refractivity contribution in [2.45, 2.75) is 51.4 Å². The van der Waals surface area contributed by atoms with Crippen LogP contribution in [0, 0.1) is 0 Å². The summed E-state index contributed by atoms with van der Waals surface area (Å²) in [6.07, 6.45) is -3.51. The Morgan fingerprint density at radius 3 is 2.50 bits per heavy atom. The van der Waals surface area contributed by atoms with Crippen LogP contribution in [0.3, 0.4) is 0 Å². The average Bonchev–Trinajstić information content (AvgIpc) is 3.01. The number of carbonyl (C=O) groups is 1. The van der Waals surface area contributed by atoms with Gasteiger partial charge in [-0.25, -0.2) is 14.5 Å². The second kappa shape index (κ2) is 8.68. The molecule has 0 spiro atoms. The maximum atomic E-state index is 13.1. The topological polar surface area (TPSA) is 83.0 Å². The van der Waals surface area contributed by atoms with E-state index in [0.717, 1.165) is 23.9 Å². The normalized spacial score (nSPS) is 12.8. The van der Waals surface area contributed by atoms with Crippen molar-refractivity contribution >= 4 is 6.09 Å². The van der Waals surface area contributed by atoms with E-state index in [9.17, 15) is 18.0 Å². The third-order valence-electron chi connectivity index (χ3n) is 3.75. The van der Waals surface area contributed by atoms with E-state index in [1.165, 1.54) is 0 Å². The van der Waals surface area contributed by atoms with Gasteiger partial charge in [-0.1, -0.05) is 56.5 Å². The molecule has 1 aromatic carbocycles. The zero-order valence-electron chi connectivity index (χ0n) is 14.4. The van der Waals surface area contributed by atoms with Crippen LogP contribution in [0.5, 0.6) is 0 Å². The van der Waals surface area contributed by atoms with Crippen molar-refractivity contribution in [2.75, 3.05) is 0 Å². The molecule has 142 valence electrons. The van der Waals surface area contributed by atoms with Crippen molar-refractivity contribution in [3.8, 4) is 0 Å². The predicted octanol–water partition coefficient (Wildman–Crippen LogP) is 4.06. The molecule has 1 atom stereocenters. The van der Waals surface area contributed by atoms with Crippen LogP contribution in [-0.2, 0) is 17.5 Å². The molecule has 0 saturated carbocycles. The summed E-state index contributed by atoms with van der Waals surface area (Å²) >= 11 is 0. The van der Waals surface area contributed by atoms with E-state index in [0.29, 0.717) is 12.0 Å². The summed E-state index contributed by atoms with van der Waals surface area (Å²) in [7, 11) is 0. The van der Waals surface area contributed by atoms with Gasteiger partial charge >= 0.3 is 12.3 Å². The monoisotopic (exact) mass is 370 g/mol. The van der Waals surface area contributed by atoms with Crippen LogP contribution in [-0.4, -0.2) is 20.9 Å². The molecule has 26 heavy (non-hydrogen) atoms. The van der Waals surface area contributed by atoms with Crippen LogP contribution in [0.15, 0.2) is 30.3 Å². The zero-order valence-corrected chi connectivity index (χ0v) is 14.4. The number of nitrogens with two attached hydrogens (primary N) is 1. The Labute approximate surface area is 149 Å². The number of ether oxygens (including phenoxy) is 1. The van der Waals surface area contributed by atoms with Gasteiger partial charge in [0.05, 0.1) is 0 Å². The zero-order chi connectivity index (χ0) is 19.2. The van der Waals surface area contributed by atoms with E-state index < -0.39 is 24.2 Å². The molecule has 1 aromatic heterocycles. The van der Waals surface area contributed by atoms with Gasteiger partial charge in [-0.2, -0.15) is 13.2 Å². The number of hydrogen-bond acceptors (Lipinski definition) is 4. The first-order valence-corrected chi connectivity index (χ1v) is 8.36. The molecule has 0 radical (unpaired) electrons. The Hall–Kier alpha value is -2.58. The van der Waals surface area contributed by atoms with Gasteiger partial charge in [0.2, 0.25) is 0 Å². The highest BCUT2D eigenvalue weighted by atomic mass is 19.4. The Bertz CT molecular complexity index is 717. The third-order valence-corrected chi connectivity index (χ3v) is 3.75. The van der Waals surface area contributed by atoms with Crippen molar-refractivity contribution in [2.24, 2.45) is 5.73 Å². The summed E-state index contributed by atoms with van der Waals surface area (Å²) in [5.41, 5.74) is 5.57. The summed E-state index contributed by atoms with van der Waals surface area (Å²) in [5.74, 6) is -1.36. The first-order valence-electron chi connectivity index (χ1n) is 8.36. The summed E-state index contributed by atoms with van der Waals surface area (Å²) in [6.45, 7) is 2.28. The van der Waals surface area contributed by atoms with Gasteiger partial charge in [-0.15, -0.1) is 5.10 Å². The van der Waals surface area contributed by atoms with Gasteiger partial charge in [0, 0.05) is 12.1 Å². The maximum Gasteiger partial charge on any atom is 0.453 e. The quantitative estimate of drug-likeness (QED) is 0.710. The number of amides is 1. The fraction of sp³-hybridized carbons (Fsp3) is 0.471. The molecule has 0 saturated heterocycles. The van der Waals surface area contributed by atoms with Crippen molar-refractivity contribution in [1.29, 1.82) is 0 Å². The highest BCUT2D eigenvalue weighted by molar-refractivity contribution is 5.65. The smallest absolute Gasteiger partial charge is 0.433 e. The lowest BCUT2D eigenvalue weighted by Crippen LogP contribution is -2.21. The molecule has 0 aliphatic rings. The number of aryl methyl sites for hydroxylation is 1. The molecule has 1 heterocycles. The summed E-state index contributed by atoms with van der Waals surface area (Å²) in [4.78, 5) is 14.9. The standard InChI is InChI=1S/C17H21F3N4O2/c1-2-3-4-8-11-24-14(22-15(23-24)17(18,19)20)13(26-16(21)25)12-9-6-5-7-10-12/h5-7,9-10,13H,2-4,8,11H2,1H3,(H2,21,25). The van der Waals surface area contributed by atoms with Crippen molar-refractivity contribution in [1.82, 2.24) is 14.8 Å². The summed E-state index contributed by atoms with van der Waals surface area (Å²) in [5, 5.41) is 3.58. The third kappa shape index (κ3) is 5.21. The van der Waals surface area contributed by atoms with E-state index in [2.05, 4.69) is 10.1 Å². The molecule has 9 heteroatoms. The van der Waals surface area contributed by atoms with Crippen molar-refractivity contribution in [3.63, 3.8) is 0 Å². The minimum Gasteiger partial charge on any atom is -0.433 e. The highest BCUT2D eigenvalue weighted by Gasteiger charge is 2.38. The van der Waals surface area contributed by atoms with Crippen molar-refractivity contribution < 1.29 is 22.7 Å². The van der Waals surface area contributed by atoms with Crippen LogP contribution in [0.1, 0.15) is 55.9 Å². The van der Waals surface area contributed by atoms with Gasteiger partial charge in [0.15, 0.2) is 11.9 Å². The number of unbranched alkanes of at least 4 members (excludes halogenated alkanes) is 3. The minimum atomic E-state index is -4.70. The first-order chi connectivity index (χ1) is 12.3. The van der Waals surface area contributed by atoms with Crippen LogP contribution < -0.4 is 5.73 Å². The number of halogens is 3. The molecule has 2 aromatic rings. The lowest BCUT2D eigenvalue weighted by Gasteiger charge is -2.17. The summed E-state index contributed by atoms with van der Waals surface area (Å²) < 4.78 is 45.5. The molecule has 6 nitrogen and oxygen atoms in total. The van der Waals surface area contributed by atoms with Crippen LogP contribution >= 0.6 is 0 Å². The molecule has 1 unspecified atom stereocenters. The molecule has 1 amide bonds. The van der Waals surface area contributed by atoms with E-state index in [1.807, 2.05) is 6.92 Å². The minimum absolute atomic E-state index is 0.0983. The van der Waals surface area contributed by atoms with Crippen LogP contribution in [0.25, 0.3) is 0 Å². The predicted molar refractivity (Wildman–Crippen MR) is 88.1 cm³/mol. The molecular weight excluding hydrogens is 349 g/mol. The SMILES string of the molecule is CCCCCCn1nc(C(F)(F)F)nc1C(OC(N)=O)c1ccccc1. The molecular formula is C17H21F3N4O2. The Morgan fingerprint density at radius 1 is 1.23 bits per heavy atom. The lowest BCUT2D eigenvalue weighted by atomic mass is 10.1. The largest absolute Gasteiger partial charge is 0.453 e.